The average Bonchev–Trinajstić information content (AvgIpc) is 2.17. The Morgan fingerprint density at radius 2 is 2.21 bits per heavy atom. The fourth-order valence-corrected chi connectivity index (χ4v) is 2.38. The van der Waals surface area contributed by atoms with Crippen LogP contribution >= 0.6 is 0 Å². The predicted octanol–water partition coefficient (Wildman–Crippen LogP) is 2.54. The van der Waals surface area contributed by atoms with Crippen molar-refractivity contribution in [3.8, 4) is 0 Å². The maximum absolute atomic E-state index is 11.8. The molecule has 1 N–H and O–H groups in total. The molecule has 3 atom stereocenters. The van der Waals surface area contributed by atoms with Gasteiger partial charge in [0.25, 0.3) is 0 Å². The summed E-state index contributed by atoms with van der Waals surface area (Å²) in [6.45, 7) is 4.20. The highest BCUT2D eigenvalue weighted by Gasteiger charge is 2.28. The maximum Gasteiger partial charge on any atom is 0.164 e. The molecule has 3 unspecified atom stereocenters. The Morgan fingerprint density at radius 3 is 2.79 bits per heavy atom. The lowest BCUT2D eigenvalue weighted by Gasteiger charge is -2.27. The molecule has 1 fully saturated rings. The number of rotatable bonds is 4. The van der Waals surface area contributed by atoms with E-state index in [1.54, 1.807) is 0 Å². The first-order valence-corrected chi connectivity index (χ1v) is 5.87. The molecule has 1 aliphatic carbocycles. The molecule has 82 valence electrons. The summed E-state index contributed by atoms with van der Waals surface area (Å²) < 4.78 is 0. The van der Waals surface area contributed by atoms with Gasteiger partial charge in [0.05, 0.1) is 0 Å². The van der Waals surface area contributed by atoms with Crippen LogP contribution in [0, 0.1) is 11.8 Å². The number of aliphatic hydroxyl groups excluding tert-OH is 1. The Balaban J connectivity index is 2.42. The second-order valence-electron chi connectivity index (χ2n) is 4.68. The fourth-order valence-electron chi connectivity index (χ4n) is 2.38. The normalized spacial score (nSPS) is 29.9. The van der Waals surface area contributed by atoms with Gasteiger partial charge in [-0.3, -0.25) is 4.79 Å². The van der Waals surface area contributed by atoms with Crippen LogP contribution in [-0.2, 0) is 4.79 Å². The zero-order valence-electron chi connectivity index (χ0n) is 9.33. The molecule has 0 heterocycles. The van der Waals surface area contributed by atoms with E-state index in [4.69, 9.17) is 0 Å². The molecule has 1 rings (SSSR count). The third kappa shape index (κ3) is 3.09. The van der Waals surface area contributed by atoms with Crippen molar-refractivity contribution < 1.29 is 9.90 Å². The quantitative estimate of drug-likeness (QED) is 0.753. The largest absolute Gasteiger partial charge is 0.385 e. The molecule has 0 spiro atoms. The standard InChI is InChI=1S/C12H22O2/c1-3-5-11(13)12(14)10-7-4-6-9(2)8-10/h9-11,13H,3-8H2,1-2H3. The molecule has 0 aliphatic heterocycles. The van der Waals surface area contributed by atoms with Gasteiger partial charge < -0.3 is 5.11 Å². The monoisotopic (exact) mass is 198 g/mol. The first-order chi connectivity index (χ1) is 6.65. The van der Waals surface area contributed by atoms with Crippen molar-refractivity contribution in [2.45, 2.75) is 58.5 Å². The summed E-state index contributed by atoms with van der Waals surface area (Å²) in [6.07, 6.45) is 5.18. The van der Waals surface area contributed by atoms with Crippen molar-refractivity contribution >= 4 is 5.78 Å². The molecular weight excluding hydrogens is 176 g/mol. The van der Waals surface area contributed by atoms with E-state index in [0.717, 1.165) is 25.7 Å². The Hall–Kier alpha value is -0.370. The Morgan fingerprint density at radius 1 is 1.50 bits per heavy atom. The highest BCUT2D eigenvalue weighted by atomic mass is 16.3. The lowest BCUT2D eigenvalue weighted by molar-refractivity contribution is -0.133. The van der Waals surface area contributed by atoms with E-state index in [-0.39, 0.29) is 11.7 Å². The highest BCUT2D eigenvalue weighted by Crippen LogP contribution is 2.30. The number of hydrogen-bond donors (Lipinski definition) is 1. The first-order valence-electron chi connectivity index (χ1n) is 5.87. The van der Waals surface area contributed by atoms with Gasteiger partial charge in [-0.1, -0.05) is 33.1 Å². The van der Waals surface area contributed by atoms with Crippen LogP contribution in [0.5, 0.6) is 0 Å². The number of Topliss-reactive ketones (excluding diaryl/α,β-unsaturated/α-hetero) is 1. The van der Waals surface area contributed by atoms with Crippen LogP contribution in [0.25, 0.3) is 0 Å². The minimum absolute atomic E-state index is 0.0957. The molecule has 0 amide bonds. The molecule has 2 nitrogen and oxygen atoms in total. The summed E-state index contributed by atoms with van der Waals surface area (Å²) in [5.74, 6) is 0.894. The molecule has 0 aromatic rings. The van der Waals surface area contributed by atoms with E-state index >= 15 is 0 Å². The smallest absolute Gasteiger partial charge is 0.164 e. The molecule has 1 aliphatic rings. The average molecular weight is 198 g/mol. The Kier molecular flexibility index (Phi) is 4.59. The van der Waals surface area contributed by atoms with Crippen LogP contribution in [0.1, 0.15) is 52.4 Å². The van der Waals surface area contributed by atoms with Gasteiger partial charge >= 0.3 is 0 Å². The number of carbonyl (C=O) groups is 1. The van der Waals surface area contributed by atoms with E-state index in [2.05, 4.69) is 6.92 Å². The third-order valence-corrected chi connectivity index (χ3v) is 3.23. The summed E-state index contributed by atoms with van der Waals surface area (Å²) in [5.41, 5.74) is 0. The number of aliphatic hydroxyl groups is 1. The van der Waals surface area contributed by atoms with Gasteiger partial charge in [0.2, 0.25) is 0 Å². The highest BCUT2D eigenvalue weighted by molar-refractivity contribution is 5.85. The van der Waals surface area contributed by atoms with Crippen molar-refractivity contribution in [3.63, 3.8) is 0 Å². The fraction of sp³-hybridized carbons (Fsp3) is 0.917. The van der Waals surface area contributed by atoms with Gasteiger partial charge in [-0.2, -0.15) is 0 Å². The first kappa shape index (κ1) is 11.7. The summed E-state index contributed by atoms with van der Waals surface area (Å²) in [4.78, 5) is 11.8. The molecular formula is C12H22O2. The molecule has 0 saturated heterocycles. The van der Waals surface area contributed by atoms with Gasteiger partial charge in [-0.15, -0.1) is 0 Å². The lowest BCUT2D eigenvalue weighted by atomic mass is 9.78. The van der Waals surface area contributed by atoms with Crippen molar-refractivity contribution in [3.05, 3.63) is 0 Å². The molecule has 1 saturated carbocycles. The Bertz CT molecular complexity index is 189. The molecule has 0 radical (unpaired) electrons. The van der Waals surface area contributed by atoms with E-state index < -0.39 is 6.10 Å². The summed E-state index contributed by atoms with van der Waals surface area (Å²) >= 11 is 0. The topological polar surface area (TPSA) is 37.3 Å². The number of ketones is 1. The van der Waals surface area contributed by atoms with Crippen LogP contribution in [0.3, 0.4) is 0 Å². The zero-order valence-corrected chi connectivity index (χ0v) is 9.33. The van der Waals surface area contributed by atoms with Crippen LogP contribution in [0.2, 0.25) is 0 Å². The maximum atomic E-state index is 11.8. The van der Waals surface area contributed by atoms with Crippen molar-refractivity contribution in [2.24, 2.45) is 11.8 Å². The SMILES string of the molecule is CCCC(O)C(=O)C1CCCC(C)C1. The van der Waals surface area contributed by atoms with Gasteiger partial charge in [0, 0.05) is 5.92 Å². The van der Waals surface area contributed by atoms with Gasteiger partial charge in [-0.25, -0.2) is 0 Å². The van der Waals surface area contributed by atoms with Gasteiger partial charge in [0.15, 0.2) is 5.78 Å². The zero-order chi connectivity index (χ0) is 10.6. The molecule has 14 heavy (non-hydrogen) atoms. The summed E-state index contributed by atoms with van der Waals surface area (Å²) in [6, 6.07) is 0. The van der Waals surface area contributed by atoms with E-state index in [0.29, 0.717) is 12.3 Å². The lowest BCUT2D eigenvalue weighted by Crippen LogP contribution is -2.31. The second kappa shape index (κ2) is 5.50. The minimum Gasteiger partial charge on any atom is -0.385 e. The van der Waals surface area contributed by atoms with Crippen molar-refractivity contribution in [2.75, 3.05) is 0 Å². The number of hydrogen-bond acceptors (Lipinski definition) is 2. The van der Waals surface area contributed by atoms with Crippen LogP contribution in [0.15, 0.2) is 0 Å². The van der Waals surface area contributed by atoms with Crippen LogP contribution in [-0.4, -0.2) is 17.0 Å². The predicted molar refractivity (Wildman–Crippen MR) is 57.0 cm³/mol. The van der Waals surface area contributed by atoms with Crippen molar-refractivity contribution in [1.29, 1.82) is 0 Å². The summed E-state index contributed by atoms with van der Waals surface area (Å²) in [5, 5.41) is 9.61. The molecule has 0 bridgehead atoms. The van der Waals surface area contributed by atoms with E-state index in [1.165, 1.54) is 6.42 Å². The van der Waals surface area contributed by atoms with Crippen molar-refractivity contribution in [1.82, 2.24) is 0 Å². The van der Waals surface area contributed by atoms with Crippen LogP contribution < -0.4 is 0 Å². The minimum atomic E-state index is -0.699. The molecule has 2 heteroatoms. The Labute approximate surface area is 86.7 Å². The van der Waals surface area contributed by atoms with Crippen LogP contribution in [0.4, 0.5) is 0 Å². The van der Waals surface area contributed by atoms with Gasteiger partial charge in [-0.05, 0) is 25.2 Å². The second-order valence-corrected chi connectivity index (χ2v) is 4.68. The van der Waals surface area contributed by atoms with E-state index in [9.17, 15) is 9.90 Å². The van der Waals surface area contributed by atoms with E-state index in [1.807, 2.05) is 6.92 Å². The third-order valence-electron chi connectivity index (χ3n) is 3.23. The summed E-state index contributed by atoms with van der Waals surface area (Å²) in [7, 11) is 0. The molecule has 0 aromatic carbocycles. The number of carbonyl (C=O) groups excluding carboxylic acids is 1. The van der Waals surface area contributed by atoms with Gasteiger partial charge in [0.1, 0.15) is 6.10 Å². The molecule has 0 aromatic heterocycles.